The van der Waals surface area contributed by atoms with E-state index in [1.54, 1.807) is 14.2 Å². The molecule has 2 nitrogen and oxygen atoms in total. The van der Waals surface area contributed by atoms with Gasteiger partial charge in [0.25, 0.3) is 0 Å². The van der Waals surface area contributed by atoms with Gasteiger partial charge in [-0.1, -0.05) is 56.3 Å². The third kappa shape index (κ3) is 4.34. The molecule has 3 heteroatoms. The summed E-state index contributed by atoms with van der Waals surface area (Å²) < 4.78 is 11.4. The van der Waals surface area contributed by atoms with Crippen LogP contribution in [0.15, 0.2) is 42.5 Å². The van der Waals surface area contributed by atoms with Crippen LogP contribution in [0.25, 0.3) is 0 Å². The van der Waals surface area contributed by atoms with Crippen LogP contribution in [0, 0.1) is 0 Å². The van der Waals surface area contributed by atoms with Crippen LogP contribution < -0.4 is 0 Å². The minimum Gasteiger partial charge on any atom is -0.340 e. The van der Waals surface area contributed by atoms with Gasteiger partial charge in [-0.2, -0.15) is 0 Å². The van der Waals surface area contributed by atoms with Crippen LogP contribution in [0.1, 0.15) is 38.2 Å². The van der Waals surface area contributed by atoms with Crippen molar-refractivity contribution < 1.29 is 9.05 Å². The van der Waals surface area contributed by atoms with E-state index < -0.39 is 7.34 Å². The number of allylic oxidation sites excluding steroid dienone is 1. The number of hydrogen-bond acceptors (Lipinski definition) is 2. The van der Waals surface area contributed by atoms with Gasteiger partial charge >= 0.3 is 0 Å². The average Bonchev–Trinajstić information content (AvgIpc) is 2.48. The molecule has 0 unspecified atom stereocenters. The predicted molar refractivity (Wildman–Crippen MR) is 90.8 cm³/mol. The van der Waals surface area contributed by atoms with Crippen molar-refractivity contribution in [3.8, 4) is 0 Å². The first-order valence-electron chi connectivity index (χ1n) is 7.18. The standard InChI is InChI=1S/C17H27O2P/c1-6-13-20(18-4,19-5)14-15(3)17(7-2)16-11-9-8-10-12-16/h8-13,17H,3,6-7,14H2,1-2,4-5H3/t17-/m0/s1. The topological polar surface area (TPSA) is 18.5 Å². The molecule has 0 aliphatic carbocycles. The summed E-state index contributed by atoms with van der Waals surface area (Å²) in [6.45, 7) is 8.63. The summed E-state index contributed by atoms with van der Waals surface area (Å²) in [5.41, 5.74) is 2.52. The second kappa shape index (κ2) is 8.46. The van der Waals surface area contributed by atoms with E-state index in [-0.39, 0.29) is 0 Å². The molecule has 1 atom stereocenters. The summed E-state index contributed by atoms with van der Waals surface area (Å²) >= 11 is 0. The third-order valence-electron chi connectivity index (χ3n) is 3.61. The fourth-order valence-corrected chi connectivity index (χ4v) is 4.71. The average molecular weight is 294 g/mol. The molecule has 0 N–H and O–H groups in total. The van der Waals surface area contributed by atoms with Crippen LogP contribution >= 0.6 is 7.34 Å². The molecule has 0 fully saturated rings. The highest BCUT2D eigenvalue weighted by Crippen LogP contribution is 2.51. The maximum absolute atomic E-state index is 5.70. The Hall–Kier alpha value is -0.820. The van der Waals surface area contributed by atoms with Crippen LogP contribution in [0.5, 0.6) is 0 Å². The van der Waals surface area contributed by atoms with Crippen molar-refractivity contribution in [2.45, 2.75) is 32.6 Å². The van der Waals surface area contributed by atoms with Crippen LogP contribution in [0.4, 0.5) is 0 Å². The van der Waals surface area contributed by atoms with Crippen LogP contribution in [0.2, 0.25) is 0 Å². The molecule has 0 aromatic heterocycles. The second-order valence-electron chi connectivity index (χ2n) is 4.87. The van der Waals surface area contributed by atoms with Crippen molar-refractivity contribution in [1.82, 2.24) is 0 Å². The maximum atomic E-state index is 5.70. The number of benzene rings is 1. The van der Waals surface area contributed by atoms with Crippen molar-refractivity contribution in [2.24, 2.45) is 0 Å². The van der Waals surface area contributed by atoms with Gasteiger partial charge in [0.1, 0.15) is 7.34 Å². The summed E-state index contributed by atoms with van der Waals surface area (Å²) in [5, 5.41) is 0. The predicted octanol–water partition coefficient (Wildman–Crippen LogP) is 5.09. The summed E-state index contributed by atoms with van der Waals surface area (Å²) in [5.74, 6) is 2.54. The molecule has 1 aromatic rings. The minimum atomic E-state index is -1.93. The lowest BCUT2D eigenvalue weighted by atomic mass is 9.91. The van der Waals surface area contributed by atoms with Gasteiger partial charge in [-0.25, -0.2) is 0 Å². The lowest BCUT2D eigenvalue weighted by Crippen LogP contribution is -2.08. The van der Waals surface area contributed by atoms with Gasteiger partial charge in [0.15, 0.2) is 0 Å². The van der Waals surface area contributed by atoms with E-state index in [1.807, 2.05) is 6.07 Å². The zero-order valence-electron chi connectivity index (χ0n) is 13.1. The molecule has 0 saturated heterocycles. The lowest BCUT2D eigenvalue weighted by molar-refractivity contribution is 0.336. The van der Waals surface area contributed by atoms with Gasteiger partial charge in [0.2, 0.25) is 0 Å². The van der Waals surface area contributed by atoms with Crippen LogP contribution in [-0.4, -0.2) is 26.2 Å². The molecule has 0 bridgehead atoms. The second-order valence-corrected chi connectivity index (χ2v) is 7.73. The molecule has 0 spiro atoms. The molecular formula is C17H27O2P. The molecule has 0 heterocycles. The summed E-state index contributed by atoms with van der Waals surface area (Å²) in [7, 11) is 1.55. The highest BCUT2D eigenvalue weighted by molar-refractivity contribution is 7.66. The zero-order chi connectivity index (χ0) is 15.0. The Morgan fingerprint density at radius 2 is 1.80 bits per heavy atom. The molecule has 1 aromatic carbocycles. The molecule has 20 heavy (non-hydrogen) atoms. The van der Waals surface area contributed by atoms with E-state index in [0.29, 0.717) is 5.92 Å². The highest BCUT2D eigenvalue weighted by atomic mass is 31.2. The molecule has 112 valence electrons. The van der Waals surface area contributed by atoms with Crippen molar-refractivity contribution >= 4 is 13.1 Å². The molecule has 1 rings (SSSR count). The quantitative estimate of drug-likeness (QED) is 0.491. The fraction of sp³-hybridized carbons (Fsp3) is 0.471. The van der Waals surface area contributed by atoms with E-state index in [2.05, 4.69) is 50.5 Å². The molecule has 0 amide bonds. The smallest absolute Gasteiger partial charge is 0.123 e. The van der Waals surface area contributed by atoms with Crippen molar-refractivity contribution in [2.75, 3.05) is 20.4 Å². The molecule has 0 aliphatic rings. The summed E-state index contributed by atoms with van der Waals surface area (Å²) in [6.07, 6.45) is 2.79. The monoisotopic (exact) mass is 294 g/mol. The van der Waals surface area contributed by atoms with E-state index in [1.165, 1.54) is 11.1 Å². The first kappa shape index (κ1) is 17.2. The number of rotatable bonds is 8. The maximum Gasteiger partial charge on any atom is 0.123 e. The van der Waals surface area contributed by atoms with Gasteiger partial charge in [0.05, 0.1) is 0 Å². The molecule has 0 saturated carbocycles. The Labute approximate surface area is 123 Å². The fourth-order valence-electron chi connectivity index (χ4n) is 2.53. The minimum absolute atomic E-state index is 0.367. The van der Waals surface area contributed by atoms with Crippen LogP contribution in [-0.2, 0) is 9.05 Å². The highest BCUT2D eigenvalue weighted by Gasteiger charge is 2.22. The first-order valence-corrected chi connectivity index (χ1v) is 9.06. The summed E-state index contributed by atoms with van der Waals surface area (Å²) in [6, 6.07) is 10.5. The van der Waals surface area contributed by atoms with Crippen molar-refractivity contribution in [3.05, 3.63) is 48.0 Å². The first-order chi connectivity index (χ1) is 9.62. The van der Waals surface area contributed by atoms with E-state index in [4.69, 9.17) is 9.05 Å². The van der Waals surface area contributed by atoms with Gasteiger partial charge < -0.3 is 9.05 Å². The Balaban J connectivity index is 2.96. The molecule has 0 radical (unpaired) electrons. The molecule has 0 aliphatic heterocycles. The van der Waals surface area contributed by atoms with Gasteiger partial charge in [-0.15, -0.1) is 0 Å². The van der Waals surface area contributed by atoms with Crippen molar-refractivity contribution in [3.63, 3.8) is 0 Å². The Bertz CT molecular complexity index is 457. The van der Waals surface area contributed by atoms with Crippen molar-refractivity contribution in [1.29, 1.82) is 0 Å². The largest absolute Gasteiger partial charge is 0.340 e. The van der Waals surface area contributed by atoms with E-state index in [0.717, 1.165) is 19.0 Å². The Morgan fingerprint density at radius 3 is 2.25 bits per heavy atom. The Kier molecular flexibility index (Phi) is 7.29. The van der Waals surface area contributed by atoms with Gasteiger partial charge in [0, 0.05) is 26.3 Å². The molecular weight excluding hydrogens is 267 g/mol. The van der Waals surface area contributed by atoms with Gasteiger partial charge in [-0.3, -0.25) is 0 Å². The summed E-state index contributed by atoms with van der Waals surface area (Å²) in [4.78, 5) is 0. The zero-order valence-corrected chi connectivity index (χ0v) is 14.0. The Morgan fingerprint density at radius 1 is 1.20 bits per heavy atom. The number of hydrogen-bond donors (Lipinski definition) is 0. The van der Waals surface area contributed by atoms with Crippen LogP contribution in [0.3, 0.4) is 0 Å². The normalized spacial score (nSPS) is 13.0. The van der Waals surface area contributed by atoms with E-state index in [9.17, 15) is 0 Å². The lowest BCUT2D eigenvalue weighted by Gasteiger charge is -2.27. The SMILES string of the molecule is C=C(CP(=CCC)(OC)OC)[C@H](CC)c1ccccc1. The van der Waals surface area contributed by atoms with Gasteiger partial charge in [-0.05, 0) is 24.2 Å². The third-order valence-corrected chi connectivity index (χ3v) is 6.61. The van der Waals surface area contributed by atoms with E-state index >= 15 is 0 Å².